The van der Waals surface area contributed by atoms with Crippen molar-refractivity contribution in [3.63, 3.8) is 0 Å². The molecule has 0 spiro atoms. The standard InChI is InChI=1S/C7H3BrF3NO/c8-6-4(9)3(1-2-12-6)5(13)7(10)11/h1-2,7H. The zero-order valence-corrected chi connectivity index (χ0v) is 7.69. The number of Topliss-reactive ketones (excluding diaryl/α,β-unsaturated/α-hetero) is 1. The molecule has 0 aliphatic rings. The summed E-state index contributed by atoms with van der Waals surface area (Å²) in [4.78, 5) is 14.1. The maximum Gasteiger partial charge on any atom is 0.300 e. The molecule has 13 heavy (non-hydrogen) atoms. The Morgan fingerprint density at radius 2 is 2.15 bits per heavy atom. The van der Waals surface area contributed by atoms with E-state index in [1.54, 1.807) is 0 Å². The van der Waals surface area contributed by atoms with E-state index in [1.807, 2.05) is 0 Å². The highest BCUT2D eigenvalue weighted by molar-refractivity contribution is 9.10. The molecule has 0 radical (unpaired) electrons. The first-order valence-corrected chi connectivity index (χ1v) is 3.95. The molecule has 0 unspecified atom stereocenters. The molecule has 1 rings (SSSR count). The fraction of sp³-hybridized carbons (Fsp3) is 0.143. The second-order valence-corrected chi connectivity index (χ2v) is 2.88. The molecule has 0 N–H and O–H groups in total. The van der Waals surface area contributed by atoms with E-state index < -0.39 is 23.6 Å². The Kier molecular flexibility index (Phi) is 3.02. The van der Waals surface area contributed by atoms with Gasteiger partial charge in [-0.05, 0) is 22.0 Å². The first-order valence-electron chi connectivity index (χ1n) is 3.16. The van der Waals surface area contributed by atoms with Gasteiger partial charge in [0, 0.05) is 6.20 Å². The van der Waals surface area contributed by atoms with Gasteiger partial charge in [0.15, 0.2) is 5.82 Å². The van der Waals surface area contributed by atoms with Crippen molar-refractivity contribution in [1.82, 2.24) is 4.98 Å². The van der Waals surface area contributed by atoms with Crippen LogP contribution in [0.5, 0.6) is 0 Å². The topological polar surface area (TPSA) is 30.0 Å². The summed E-state index contributed by atoms with van der Waals surface area (Å²) in [6.45, 7) is 0. The van der Waals surface area contributed by atoms with Crippen molar-refractivity contribution >= 4 is 21.7 Å². The van der Waals surface area contributed by atoms with Gasteiger partial charge in [0.05, 0.1) is 5.56 Å². The molecule has 0 aliphatic heterocycles. The van der Waals surface area contributed by atoms with E-state index in [1.165, 1.54) is 0 Å². The Hall–Kier alpha value is -0.910. The third kappa shape index (κ3) is 2.06. The third-order valence-corrected chi connectivity index (χ3v) is 1.86. The number of rotatable bonds is 2. The summed E-state index contributed by atoms with van der Waals surface area (Å²) in [5.41, 5.74) is -0.656. The van der Waals surface area contributed by atoms with Crippen LogP contribution in [0, 0.1) is 5.82 Å². The normalized spacial score (nSPS) is 10.5. The summed E-state index contributed by atoms with van der Waals surface area (Å²) in [6, 6.07) is 0.911. The lowest BCUT2D eigenvalue weighted by Crippen LogP contribution is -2.12. The highest BCUT2D eigenvalue weighted by Gasteiger charge is 2.22. The number of hydrogen-bond acceptors (Lipinski definition) is 2. The number of carbonyl (C=O) groups excluding carboxylic acids is 1. The van der Waals surface area contributed by atoms with E-state index in [9.17, 15) is 18.0 Å². The average molecular weight is 254 g/mol. The molecular formula is C7H3BrF3NO. The molecule has 6 heteroatoms. The minimum atomic E-state index is -3.20. The number of halogens is 4. The molecule has 2 nitrogen and oxygen atoms in total. The van der Waals surface area contributed by atoms with E-state index >= 15 is 0 Å². The lowest BCUT2D eigenvalue weighted by atomic mass is 10.2. The molecule has 0 atom stereocenters. The van der Waals surface area contributed by atoms with Crippen LogP contribution in [0.15, 0.2) is 16.9 Å². The number of nitrogens with zero attached hydrogens (tertiary/aromatic N) is 1. The molecule has 0 saturated heterocycles. The van der Waals surface area contributed by atoms with Crippen LogP contribution in [-0.4, -0.2) is 17.2 Å². The van der Waals surface area contributed by atoms with E-state index in [0.29, 0.717) is 0 Å². The van der Waals surface area contributed by atoms with Crippen LogP contribution in [0.25, 0.3) is 0 Å². The largest absolute Gasteiger partial charge is 0.300 e. The van der Waals surface area contributed by atoms with Crippen LogP contribution in [0.3, 0.4) is 0 Å². The summed E-state index contributed by atoms with van der Waals surface area (Å²) in [6.07, 6.45) is -2.13. The lowest BCUT2D eigenvalue weighted by molar-refractivity contribution is 0.0674. The Morgan fingerprint density at radius 3 is 2.69 bits per heavy atom. The Labute approximate surface area is 79.9 Å². The first-order chi connectivity index (χ1) is 6.04. The number of alkyl halides is 2. The van der Waals surface area contributed by atoms with Crippen molar-refractivity contribution in [2.45, 2.75) is 6.43 Å². The second kappa shape index (κ2) is 3.87. The third-order valence-electron chi connectivity index (χ3n) is 1.31. The van der Waals surface area contributed by atoms with Crippen molar-refractivity contribution in [1.29, 1.82) is 0 Å². The first kappa shape index (κ1) is 10.2. The molecule has 1 aromatic heterocycles. The lowest BCUT2D eigenvalue weighted by Gasteiger charge is -2.01. The van der Waals surface area contributed by atoms with Gasteiger partial charge in [-0.2, -0.15) is 0 Å². The number of carbonyl (C=O) groups is 1. The zero-order valence-electron chi connectivity index (χ0n) is 6.10. The predicted octanol–water partition coefficient (Wildman–Crippen LogP) is 2.43. The second-order valence-electron chi connectivity index (χ2n) is 2.13. The van der Waals surface area contributed by atoms with Crippen molar-refractivity contribution in [3.8, 4) is 0 Å². The van der Waals surface area contributed by atoms with Gasteiger partial charge in [0.1, 0.15) is 4.60 Å². The van der Waals surface area contributed by atoms with Crippen molar-refractivity contribution in [2.75, 3.05) is 0 Å². The summed E-state index contributed by atoms with van der Waals surface area (Å²) in [7, 11) is 0. The van der Waals surface area contributed by atoms with Gasteiger partial charge in [-0.1, -0.05) is 0 Å². The maximum atomic E-state index is 12.9. The van der Waals surface area contributed by atoms with E-state index in [4.69, 9.17) is 0 Å². The van der Waals surface area contributed by atoms with Crippen molar-refractivity contribution in [2.24, 2.45) is 0 Å². The summed E-state index contributed by atoms with van der Waals surface area (Å²) >= 11 is 2.68. The summed E-state index contributed by atoms with van der Waals surface area (Å²) in [5, 5.41) is 0. The van der Waals surface area contributed by atoms with Gasteiger partial charge in [-0.15, -0.1) is 0 Å². The Morgan fingerprint density at radius 1 is 1.54 bits per heavy atom. The minimum Gasteiger partial charge on any atom is -0.288 e. The Balaban J connectivity index is 3.15. The van der Waals surface area contributed by atoms with Gasteiger partial charge in [0.2, 0.25) is 5.78 Å². The minimum absolute atomic E-state index is 0.251. The molecule has 70 valence electrons. The maximum absolute atomic E-state index is 12.9. The molecule has 1 aromatic rings. The van der Waals surface area contributed by atoms with Gasteiger partial charge in [0.25, 0.3) is 0 Å². The number of aromatic nitrogens is 1. The van der Waals surface area contributed by atoms with Crippen molar-refractivity contribution in [3.05, 3.63) is 28.2 Å². The molecule has 0 aromatic carbocycles. The zero-order chi connectivity index (χ0) is 10.0. The van der Waals surface area contributed by atoms with Crippen LogP contribution in [-0.2, 0) is 0 Å². The number of pyridine rings is 1. The van der Waals surface area contributed by atoms with Crippen LogP contribution >= 0.6 is 15.9 Å². The molecule has 0 amide bonds. The van der Waals surface area contributed by atoms with Crippen LogP contribution in [0.2, 0.25) is 0 Å². The number of ketones is 1. The monoisotopic (exact) mass is 253 g/mol. The summed E-state index contributed by atoms with van der Waals surface area (Å²) in [5.74, 6) is -2.60. The quantitative estimate of drug-likeness (QED) is 0.599. The van der Waals surface area contributed by atoms with Gasteiger partial charge in [-0.25, -0.2) is 18.2 Å². The van der Waals surface area contributed by atoms with E-state index in [2.05, 4.69) is 20.9 Å². The fourth-order valence-corrected chi connectivity index (χ4v) is 1.06. The fourth-order valence-electron chi connectivity index (χ4n) is 0.726. The van der Waals surface area contributed by atoms with Crippen LogP contribution < -0.4 is 0 Å². The highest BCUT2D eigenvalue weighted by Crippen LogP contribution is 2.18. The highest BCUT2D eigenvalue weighted by atomic mass is 79.9. The van der Waals surface area contributed by atoms with Crippen LogP contribution in [0.1, 0.15) is 10.4 Å². The molecular weight excluding hydrogens is 251 g/mol. The molecule has 0 bridgehead atoms. The molecule has 1 heterocycles. The Bertz CT molecular complexity index is 343. The van der Waals surface area contributed by atoms with Gasteiger partial charge < -0.3 is 0 Å². The van der Waals surface area contributed by atoms with Gasteiger partial charge in [-0.3, -0.25) is 4.79 Å². The smallest absolute Gasteiger partial charge is 0.288 e. The van der Waals surface area contributed by atoms with Gasteiger partial charge >= 0.3 is 6.43 Å². The molecule has 0 fully saturated rings. The SMILES string of the molecule is O=C(c1ccnc(Br)c1F)C(F)F. The predicted molar refractivity (Wildman–Crippen MR) is 42.2 cm³/mol. The van der Waals surface area contributed by atoms with Crippen LogP contribution in [0.4, 0.5) is 13.2 Å². The molecule has 0 aliphatic carbocycles. The molecule has 0 saturated carbocycles. The van der Waals surface area contributed by atoms with E-state index in [0.717, 1.165) is 12.3 Å². The van der Waals surface area contributed by atoms with Crippen molar-refractivity contribution < 1.29 is 18.0 Å². The van der Waals surface area contributed by atoms with E-state index in [-0.39, 0.29) is 4.60 Å². The summed E-state index contributed by atoms with van der Waals surface area (Å²) < 4.78 is 36.4. The number of hydrogen-bond donors (Lipinski definition) is 0. The average Bonchev–Trinajstić information content (AvgIpc) is 2.08.